The van der Waals surface area contributed by atoms with Gasteiger partial charge in [-0.2, -0.15) is 11.1 Å². The van der Waals surface area contributed by atoms with Gasteiger partial charge in [-0.1, -0.05) is 41.9 Å². The summed E-state index contributed by atoms with van der Waals surface area (Å²) in [6.45, 7) is 0.615. The number of nitrogens with zero attached hydrogens (tertiary/aromatic N) is 4. The number of carbonyl (C=O) groups is 1. The molecular weight excluding hydrogens is 344 g/mol. The summed E-state index contributed by atoms with van der Waals surface area (Å²) in [6, 6.07) is 10.1. The third-order valence-electron chi connectivity index (χ3n) is 4.54. The molecule has 1 fully saturated rings. The molecule has 0 amide bonds. The van der Waals surface area contributed by atoms with Crippen molar-refractivity contribution in [1.29, 1.82) is 0 Å². The van der Waals surface area contributed by atoms with Gasteiger partial charge in [0.2, 0.25) is 0 Å². The van der Waals surface area contributed by atoms with Crippen molar-refractivity contribution in [2.45, 2.75) is 25.6 Å². The molecule has 0 saturated carbocycles. The smallest absolute Gasteiger partial charge is 0.169 e. The van der Waals surface area contributed by atoms with Crippen LogP contribution in [0.4, 0.5) is 11.5 Å². The van der Waals surface area contributed by atoms with Crippen molar-refractivity contribution in [3.8, 4) is 0 Å². The van der Waals surface area contributed by atoms with Crippen LogP contribution in [0.2, 0.25) is 5.15 Å². The number of hydrogen-bond acceptors (Lipinski definition) is 5. The van der Waals surface area contributed by atoms with Gasteiger partial charge in [0.25, 0.3) is 0 Å². The lowest BCUT2D eigenvalue weighted by Crippen LogP contribution is -2.43. The number of fused-ring (bicyclic) bond motifs is 1. The number of rotatable bonds is 4. The number of aromatic nitrogens is 2. The van der Waals surface area contributed by atoms with Crippen molar-refractivity contribution in [3.63, 3.8) is 0 Å². The summed E-state index contributed by atoms with van der Waals surface area (Å²) in [5.74, 6) is 3.12. The SMILES string of the molecule is O=CC1N(Cc2ccccc2)c2c(Cl)ncnc2N1[SH]1CCCC1. The Bertz CT molecular complexity index is 739. The van der Waals surface area contributed by atoms with Crippen LogP contribution in [0.15, 0.2) is 36.7 Å². The zero-order chi connectivity index (χ0) is 16.5. The van der Waals surface area contributed by atoms with Gasteiger partial charge in [0.05, 0.1) is 0 Å². The van der Waals surface area contributed by atoms with Crippen LogP contribution < -0.4 is 9.21 Å². The Morgan fingerprint density at radius 3 is 2.67 bits per heavy atom. The molecule has 1 unspecified atom stereocenters. The number of benzene rings is 1. The summed E-state index contributed by atoms with van der Waals surface area (Å²) in [5.41, 5.74) is 1.92. The third-order valence-corrected chi connectivity index (χ3v) is 7.51. The van der Waals surface area contributed by atoms with E-state index in [2.05, 4.69) is 26.4 Å². The van der Waals surface area contributed by atoms with Gasteiger partial charge in [0, 0.05) is 6.54 Å². The molecule has 4 rings (SSSR count). The second kappa shape index (κ2) is 6.61. The number of anilines is 2. The molecule has 24 heavy (non-hydrogen) atoms. The first-order valence-corrected chi connectivity index (χ1v) is 10.1. The van der Waals surface area contributed by atoms with Crippen LogP contribution in [0.1, 0.15) is 18.4 Å². The first-order chi connectivity index (χ1) is 11.8. The maximum atomic E-state index is 12.0. The quantitative estimate of drug-likeness (QED) is 0.514. The fourth-order valence-corrected chi connectivity index (χ4v) is 6.45. The molecule has 5 nitrogen and oxygen atoms in total. The lowest BCUT2D eigenvalue weighted by atomic mass is 10.2. The average Bonchev–Trinajstić information content (AvgIpc) is 3.22. The molecule has 3 heterocycles. The molecule has 1 aromatic heterocycles. The Kier molecular flexibility index (Phi) is 4.33. The zero-order valence-electron chi connectivity index (χ0n) is 13.2. The monoisotopic (exact) mass is 362 g/mol. The van der Waals surface area contributed by atoms with E-state index in [1.54, 1.807) is 0 Å². The van der Waals surface area contributed by atoms with Crippen molar-refractivity contribution < 1.29 is 4.79 Å². The standard InChI is InChI=1S/C17H19ClN4OS/c18-16-15-17(20-12-19-16)22(24-8-4-5-9-24)14(11-23)21(15)10-13-6-2-1-3-7-13/h1-3,6-7,11-12,14,24H,4-5,8-10H2. The van der Waals surface area contributed by atoms with E-state index in [1.165, 1.54) is 19.2 Å². The number of halogens is 1. The largest absolute Gasteiger partial charge is 0.335 e. The van der Waals surface area contributed by atoms with Crippen molar-refractivity contribution in [2.24, 2.45) is 0 Å². The first-order valence-electron chi connectivity index (χ1n) is 8.10. The van der Waals surface area contributed by atoms with Crippen molar-refractivity contribution in [2.75, 3.05) is 20.7 Å². The van der Waals surface area contributed by atoms with Crippen molar-refractivity contribution >= 4 is 40.5 Å². The van der Waals surface area contributed by atoms with Gasteiger partial charge in [0.15, 0.2) is 23.4 Å². The fraction of sp³-hybridized carbons (Fsp3) is 0.353. The van der Waals surface area contributed by atoms with Crippen LogP contribution in [-0.2, 0) is 11.3 Å². The van der Waals surface area contributed by atoms with E-state index in [4.69, 9.17) is 11.6 Å². The molecule has 0 bridgehead atoms. The normalized spacial score (nSPS) is 21.2. The third kappa shape index (κ3) is 2.63. The van der Waals surface area contributed by atoms with Crippen LogP contribution in [0.5, 0.6) is 0 Å². The Hall–Kier alpha value is -1.79. The van der Waals surface area contributed by atoms with E-state index in [1.807, 2.05) is 23.1 Å². The van der Waals surface area contributed by atoms with Crippen molar-refractivity contribution in [3.05, 3.63) is 47.4 Å². The highest BCUT2D eigenvalue weighted by atomic mass is 35.5. The van der Waals surface area contributed by atoms with Crippen LogP contribution >= 0.6 is 22.7 Å². The molecule has 0 N–H and O–H groups in total. The maximum Gasteiger partial charge on any atom is 0.169 e. The average molecular weight is 363 g/mol. The predicted octanol–water partition coefficient (Wildman–Crippen LogP) is 3.19. The van der Waals surface area contributed by atoms with Gasteiger partial charge in [-0.15, -0.1) is 0 Å². The summed E-state index contributed by atoms with van der Waals surface area (Å²) in [5, 5.41) is 0.416. The van der Waals surface area contributed by atoms with Crippen LogP contribution in [-0.4, -0.2) is 33.9 Å². The molecule has 2 aliphatic rings. The van der Waals surface area contributed by atoms with Crippen molar-refractivity contribution in [1.82, 2.24) is 9.97 Å². The molecule has 2 aliphatic heterocycles. The topological polar surface area (TPSA) is 49.3 Å². The van der Waals surface area contributed by atoms with Gasteiger partial charge in [-0.25, -0.2) is 9.97 Å². The molecular formula is C17H19ClN4OS. The summed E-state index contributed by atoms with van der Waals surface area (Å²) in [4.78, 5) is 22.7. The second-order valence-corrected chi connectivity index (χ2v) is 8.70. The van der Waals surface area contributed by atoms with Crippen LogP contribution in [0, 0.1) is 0 Å². The highest BCUT2D eigenvalue weighted by Gasteiger charge is 2.42. The predicted molar refractivity (Wildman–Crippen MR) is 100.0 cm³/mol. The summed E-state index contributed by atoms with van der Waals surface area (Å²) < 4.78 is 2.21. The minimum Gasteiger partial charge on any atom is -0.335 e. The van der Waals surface area contributed by atoms with E-state index in [-0.39, 0.29) is 17.2 Å². The number of carbonyl (C=O) groups excluding carboxylic acids is 1. The van der Waals surface area contributed by atoms with E-state index in [0.717, 1.165) is 34.9 Å². The molecule has 1 aromatic carbocycles. The highest BCUT2D eigenvalue weighted by molar-refractivity contribution is 8.18. The summed E-state index contributed by atoms with van der Waals surface area (Å²) in [7, 11) is 0. The zero-order valence-corrected chi connectivity index (χ0v) is 14.8. The Labute approximate surface area is 149 Å². The number of aldehydes is 1. The Morgan fingerprint density at radius 1 is 1.21 bits per heavy atom. The van der Waals surface area contributed by atoms with Gasteiger partial charge in [0.1, 0.15) is 12.0 Å². The Balaban J connectivity index is 1.76. The first kappa shape index (κ1) is 15.7. The summed E-state index contributed by atoms with van der Waals surface area (Å²) >= 11 is 6.02. The molecule has 1 atom stereocenters. The fourth-order valence-electron chi connectivity index (χ4n) is 3.45. The van der Waals surface area contributed by atoms with E-state index < -0.39 is 0 Å². The minimum absolute atomic E-state index is 0.349. The Morgan fingerprint density at radius 2 is 1.96 bits per heavy atom. The lowest BCUT2D eigenvalue weighted by Gasteiger charge is -2.34. The second-order valence-electron chi connectivity index (χ2n) is 6.01. The molecule has 0 spiro atoms. The van der Waals surface area contributed by atoms with E-state index >= 15 is 0 Å². The van der Waals surface area contributed by atoms with Gasteiger partial charge < -0.3 is 4.90 Å². The molecule has 2 aromatic rings. The molecule has 0 radical (unpaired) electrons. The van der Waals surface area contributed by atoms with Crippen LogP contribution in [0.3, 0.4) is 0 Å². The molecule has 0 aliphatic carbocycles. The van der Waals surface area contributed by atoms with E-state index in [9.17, 15) is 4.79 Å². The highest BCUT2D eigenvalue weighted by Crippen LogP contribution is 2.52. The lowest BCUT2D eigenvalue weighted by molar-refractivity contribution is -0.108. The van der Waals surface area contributed by atoms with Gasteiger partial charge in [-0.3, -0.25) is 9.10 Å². The van der Waals surface area contributed by atoms with E-state index in [0.29, 0.717) is 11.7 Å². The summed E-state index contributed by atoms with van der Waals surface area (Å²) in [6.07, 6.45) is 4.61. The molecule has 7 heteroatoms. The van der Waals surface area contributed by atoms with Crippen LogP contribution in [0.25, 0.3) is 0 Å². The van der Waals surface area contributed by atoms with Gasteiger partial charge in [-0.05, 0) is 29.9 Å². The molecule has 1 saturated heterocycles. The van der Waals surface area contributed by atoms with Gasteiger partial charge >= 0.3 is 0 Å². The minimum atomic E-state index is -0.380. The number of thiol groups is 1. The molecule has 126 valence electrons. The number of hydrogen-bond donors (Lipinski definition) is 1. The maximum absolute atomic E-state index is 12.0.